The van der Waals surface area contributed by atoms with Gasteiger partial charge in [-0.3, -0.25) is 4.57 Å². The van der Waals surface area contributed by atoms with E-state index in [2.05, 4.69) is 221 Å². The predicted octanol–water partition coefficient (Wildman–Crippen LogP) is 15.1. The Morgan fingerprint density at radius 3 is 1.24 bits per heavy atom. The number of para-hydroxylation sites is 4. The summed E-state index contributed by atoms with van der Waals surface area (Å²) < 4.78 is 4.70. The van der Waals surface area contributed by atoms with Crippen LogP contribution in [0, 0.1) is 0 Å². The fraction of sp³-hybridized carbons (Fsp3) is 0. The monoisotopic (exact) mass is 788 g/mol. The third-order valence-corrected chi connectivity index (χ3v) is 12.7. The molecular formula is C58H36N4. The zero-order chi connectivity index (χ0) is 40.7. The Morgan fingerprint density at radius 1 is 0.258 bits per heavy atom. The van der Waals surface area contributed by atoms with Crippen molar-refractivity contribution in [3.05, 3.63) is 218 Å². The summed E-state index contributed by atoms with van der Waals surface area (Å²) in [6.07, 6.45) is 0. The van der Waals surface area contributed by atoms with E-state index in [0.717, 1.165) is 61.5 Å². The van der Waals surface area contributed by atoms with Crippen molar-refractivity contribution in [3.8, 4) is 45.3 Å². The van der Waals surface area contributed by atoms with Crippen molar-refractivity contribution in [2.24, 2.45) is 0 Å². The highest BCUT2D eigenvalue weighted by Gasteiger charge is 2.19. The van der Waals surface area contributed by atoms with Crippen LogP contribution in [0.5, 0.6) is 0 Å². The minimum atomic E-state index is 0.674. The van der Waals surface area contributed by atoms with Crippen molar-refractivity contribution in [2.75, 3.05) is 0 Å². The SMILES string of the molecule is c1ccc(-c2nc(-c3cc(-c4ccc5c6ccccc6c6ccccc6c5c4)cc(-n4c5ccccc5c5ccccc54)c3)cc(-n3c4ccccc4c4ccccc43)n2)cc1. The predicted molar refractivity (Wildman–Crippen MR) is 260 cm³/mol. The largest absolute Gasteiger partial charge is 0.309 e. The van der Waals surface area contributed by atoms with Crippen LogP contribution in [-0.4, -0.2) is 19.1 Å². The standard InChI is InChI=1S/C58H36N4/c1-2-16-37(17-3-1)58-59-52(36-57(60-58)62-55-28-14-10-24-49(55)50-25-11-15-29-56(50)62)40-32-39(33-41(34-40)61-53-26-12-8-22-47(53)48-23-9-13-27-54(48)61)38-30-31-46-44-20-5-4-18-42(44)43-19-6-7-21-45(43)51(46)35-38/h1-36H. The summed E-state index contributed by atoms with van der Waals surface area (Å²) >= 11 is 0. The van der Waals surface area contributed by atoms with E-state index in [1.54, 1.807) is 0 Å². The molecule has 0 N–H and O–H groups in total. The van der Waals surface area contributed by atoms with Crippen LogP contribution in [0.3, 0.4) is 0 Å². The Hall–Kier alpha value is -8.34. The normalized spacial score (nSPS) is 11.9. The second kappa shape index (κ2) is 13.6. The minimum Gasteiger partial charge on any atom is -0.309 e. The highest BCUT2D eigenvalue weighted by atomic mass is 15.1. The molecule has 13 aromatic rings. The van der Waals surface area contributed by atoms with Crippen LogP contribution in [0.25, 0.3) is 121 Å². The second-order valence-electron chi connectivity index (χ2n) is 16.2. The van der Waals surface area contributed by atoms with Gasteiger partial charge in [-0.05, 0) is 92.0 Å². The summed E-state index contributed by atoms with van der Waals surface area (Å²) in [5.74, 6) is 1.49. The molecule has 0 amide bonds. The molecule has 0 bridgehead atoms. The number of aromatic nitrogens is 4. The van der Waals surface area contributed by atoms with Gasteiger partial charge in [-0.1, -0.05) is 164 Å². The summed E-state index contributed by atoms with van der Waals surface area (Å²) in [7, 11) is 0. The maximum Gasteiger partial charge on any atom is 0.162 e. The fourth-order valence-electron chi connectivity index (χ4n) is 9.93. The van der Waals surface area contributed by atoms with Crippen LogP contribution in [-0.2, 0) is 0 Å². The van der Waals surface area contributed by atoms with Gasteiger partial charge in [-0.15, -0.1) is 0 Å². The lowest BCUT2D eigenvalue weighted by Gasteiger charge is -2.16. The first-order valence-corrected chi connectivity index (χ1v) is 21.2. The topological polar surface area (TPSA) is 35.6 Å². The van der Waals surface area contributed by atoms with E-state index in [4.69, 9.17) is 9.97 Å². The highest BCUT2D eigenvalue weighted by Crippen LogP contribution is 2.41. The van der Waals surface area contributed by atoms with Gasteiger partial charge in [0.2, 0.25) is 0 Å². The molecule has 0 atom stereocenters. The smallest absolute Gasteiger partial charge is 0.162 e. The van der Waals surface area contributed by atoms with Gasteiger partial charge >= 0.3 is 0 Å². The van der Waals surface area contributed by atoms with Crippen LogP contribution in [0.15, 0.2) is 218 Å². The Labute approximate surface area is 357 Å². The van der Waals surface area contributed by atoms with Gasteiger partial charge in [-0.25, -0.2) is 9.97 Å². The summed E-state index contributed by atoms with van der Waals surface area (Å²) in [5.41, 5.74) is 10.7. The lowest BCUT2D eigenvalue weighted by molar-refractivity contribution is 1.05. The van der Waals surface area contributed by atoms with E-state index < -0.39 is 0 Å². The lowest BCUT2D eigenvalue weighted by atomic mass is 9.91. The highest BCUT2D eigenvalue weighted by molar-refractivity contribution is 6.25. The molecule has 0 saturated carbocycles. The molecule has 0 fully saturated rings. The van der Waals surface area contributed by atoms with Crippen molar-refractivity contribution in [1.82, 2.24) is 19.1 Å². The third kappa shape index (κ3) is 5.27. The van der Waals surface area contributed by atoms with Gasteiger partial charge in [0.25, 0.3) is 0 Å². The number of nitrogens with zero attached hydrogens (tertiary/aromatic N) is 4. The molecule has 0 saturated heterocycles. The third-order valence-electron chi connectivity index (χ3n) is 12.7. The molecule has 3 heterocycles. The molecule has 0 aliphatic heterocycles. The molecular weight excluding hydrogens is 753 g/mol. The zero-order valence-corrected chi connectivity index (χ0v) is 33.6. The van der Waals surface area contributed by atoms with Crippen LogP contribution < -0.4 is 0 Å². The molecule has 4 nitrogen and oxygen atoms in total. The average Bonchev–Trinajstić information content (AvgIpc) is 3.87. The molecule has 0 spiro atoms. The lowest BCUT2D eigenvalue weighted by Crippen LogP contribution is -2.03. The van der Waals surface area contributed by atoms with E-state index in [1.165, 1.54) is 53.9 Å². The van der Waals surface area contributed by atoms with E-state index in [1.807, 2.05) is 6.07 Å². The summed E-state index contributed by atoms with van der Waals surface area (Å²) in [4.78, 5) is 10.8. The first-order valence-electron chi connectivity index (χ1n) is 21.2. The second-order valence-corrected chi connectivity index (χ2v) is 16.2. The van der Waals surface area contributed by atoms with E-state index in [0.29, 0.717) is 5.82 Å². The van der Waals surface area contributed by atoms with Crippen molar-refractivity contribution in [2.45, 2.75) is 0 Å². The molecule has 10 aromatic carbocycles. The first kappa shape index (κ1) is 34.5. The molecule has 0 aliphatic rings. The molecule has 0 radical (unpaired) electrons. The zero-order valence-electron chi connectivity index (χ0n) is 33.6. The molecule has 0 unspecified atom stereocenters. The van der Waals surface area contributed by atoms with Crippen molar-refractivity contribution < 1.29 is 0 Å². The van der Waals surface area contributed by atoms with Crippen LogP contribution in [0.2, 0.25) is 0 Å². The molecule has 4 heteroatoms. The number of hydrogen-bond acceptors (Lipinski definition) is 2. The maximum atomic E-state index is 5.42. The van der Waals surface area contributed by atoms with E-state index in [-0.39, 0.29) is 0 Å². The molecule has 288 valence electrons. The van der Waals surface area contributed by atoms with Gasteiger partial charge in [0, 0.05) is 44.4 Å². The van der Waals surface area contributed by atoms with Gasteiger partial charge in [-0.2, -0.15) is 0 Å². The van der Waals surface area contributed by atoms with Gasteiger partial charge in [0.05, 0.1) is 27.8 Å². The summed E-state index contributed by atoms with van der Waals surface area (Å²) in [5, 5.41) is 12.4. The van der Waals surface area contributed by atoms with Crippen LogP contribution in [0.4, 0.5) is 0 Å². The van der Waals surface area contributed by atoms with Crippen LogP contribution in [0.1, 0.15) is 0 Å². The summed E-state index contributed by atoms with van der Waals surface area (Å²) in [6.45, 7) is 0. The summed E-state index contributed by atoms with van der Waals surface area (Å²) in [6, 6.07) is 78.7. The van der Waals surface area contributed by atoms with E-state index in [9.17, 15) is 0 Å². The Kier molecular flexibility index (Phi) is 7.57. The van der Waals surface area contributed by atoms with Gasteiger partial charge in [0.15, 0.2) is 5.82 Å². The number of fused-ring (bicyclic) bond motifs is 12. The Morgan fingerprint density at radius 2 is 0.694 bits per heavy atom. The molecule has 13 rings (SSSR count). The van der Waals surface area contributed by atoms with Crippen molar-refractivity contribution in [3.63, 3.8) is 0 Å². The maximum absolute atomic E-state index is 5.42. The van der Waals surface area contributed by atoms with E-state index >= 15 is 0 Å². The number of hydrogen-bond donors (Lipinski definition) is 0. The average molecular weight is 789 g/mol. The van der Waals surface area contributed by atoms with Crippen molar-refractivity contribution >= 4 is 75.9 Å². The molecule has 62 heavy (non-hydrogen) atoms. The van der Waals surface area contributed by atoms with Gasteiger partial charge < -0.3 is 4.57 Å². The number of rotatable bonds is 5. The molecule has 3 aromatic heterocycles. The quantitative estimate of drug-likeness (QED) is 0.163. The van der Waals surface area contributed by atoms with Crippen LogP contribution >= 0.6 is 0 Å². The minimum absolute atomic E-state index is 0.674. The Balaban J connectivity index is 1.12. The van der Waals surface area contributed by atoms with Gasteiger partial charge in [0.1, 0.15) is 5.82 Å². The van der Waals surface area contributed by atoms with Crippen molar-refractivity contribution in [1.29, 1.82) is 0 Å². The molecule has 0 aliphatic carbocycles. The number of benzene rings is 10. The first-order chi connectivity index (χ1) is 30.7. The fourth-order valence-corrected chi connectivity index (χ4v) is 9.93. The Bertz CT molecular complexity index is 3790.